The number of nitriles is 2. The predicted molar refractivity (Wildman–Crippen MR) is 221 cm³/mol. The third kappa shape index (κ3) is 11.7. The van der Waals surface area contributed by atoms with Gasteiger partial charge in [-0.3, -0.25) is 4.79 Å². The predicted octanol–water partition coefficient (Wildman–Crippen LogP) is 3.25. The fourth-order valence-corrected chi connectivity index (χ4v) is 7.71. The van der Waals surface area contributed by atoms with Gasteiger partial charge in [0, 0.05) is 23.9 Å². The van der Waals surface area contributed by atoms with Crippen molar-refractivity contribution in [1.82, 2.24) is 4.98 Å². The minimum Gasteiger partial charge on any atom is -0.744 e. The van der Waals surface area contributed by atoms with E-state index >= 15 is 0 Å². The molecule has 302 valence electrons. The summed E-state index contributed by atoms with van der Waals surface area (Å²) in [6, 6.07) is 27.7. The maximum absolute atomic E-state index is 11.8. The van der Waals surface area contributed by atoms with Gasteiger partial charge in [-0.2, -0.15) is 15.5 Å². The second kappa shape index (κ2) is 20.2. The molecule has 6 rings (SSSR count). The number of pyridine rings is 1. The molecule has 22 heteroatoms. The monoisotopic (exact) mass is 872 g/mol. The van der Waals surface area contributed by atoms with Crippen LogP contribution in [0.5, 0.6) is 0 Å². The largest absolute Gasteiger partial charge is 1.00 e. The number of thiophene rings is 1. The fraction of sp³-hybridized carbons (Fsp3) is 0.100. The van der Waals surface area contributed by atoms with Crippen molar-refractivity contribution in [2.24, 2.45) is 20.6 Å². The zero-order valence-electron chi connectivity index (χ0n) is 33.9. The van der Waals surface area contributed by atoms with Crippen molar-refractivity contribution in [3.05, 3.63) is 125 Å². The van der Waals surface area contributed by atoms with Gasteiger partial charge < -0.3 is 19.7 Å². The Morgan fingerprint density at radius 2 is 1.27 bits per heavy atom. The Labute approximate surface area is 385 Å². The molecule has 4 aromatic carbocycles. The summed E-state index contributed by atoms with van der Waals surface area (Å²) in [4.78, 5) is 15.3. The molecule has 17 nitrogen and oxygen atoms in total. The molecule has 2 heterocycles. The van der Waals surface area contributed by atoms with Crippen LogP contribution >= 0.6 is 11.3 Å². The molecule has 0 aliphatic rings. The molecular weight excluding hydrogens is 843 g/mol. The van der Waals surface area contributed by atoms with E-state index in [0.717, 1.165) is 46.7 Å². The van der Waals surface area contributed by atoms with Gasteiger partial charge in [0.1, 0.15) is 42.9 Å². The molecule has 6 aromatic rings. The van der Waals surface area contributed by atoms with Crippen molar-refractivity contribution >= 4 is 81.9 Å². The van der Waals surface area contributed by atoms with E-state index < -0.39 is 30.0 Å². The number of nitrogens with zero attached hydrogens (tertiary/aromatic N) is 8. The Morgan fingerprint density at radius 1 is 0.726 bits per heavy atom. The summed E-state index contributed by atoms with van der Waals surface area (Å²) in [6.07, 6.45) is 0. The summed E-state index contributed by atoms with van der Waals surface area (Å²) in [5.74, 6) is -0.234. The molecule has 2 N–H and O–H groups in total. The van der Waals surface area contributed by atoms with Crippen molar-refractivity contribution in [2.75, 3.05) is 15.6 Å². The van der Waals surface area contributed by atoms with Crippen LogP contribution in [0, 0.1) is 43.4 Å². The minimum atomic E-state index is -4.83. The fourth-order valence-electron chi connectivity index (χ4n) is 5.86. The van der Waals surface area contributed by atoms with Crippen LogP contribution in [0.1, 0.15) is 34.7 Å². The summed E-state index contributed by atoms with van der Waals surface area (Å²) in [7, 11) is -9.55. The molecule has 0 unspecified atom stereocenters. The summed E-state index contributed by atoms with van der Waals surface area (Å²) in [6.45, 7) is 6.85. The van der Waals surface area contributed by atoms with E-state index in [2.05, 4.69) is 48.3 Å². The average Bonchev–Trinajstić information content (AvgIpc) is 3.53. The first-order valence-corrected chi connectivity index (χ1v) is 21.0. The summed E-state index contributed by atoms with van der Waals surface area (Å²) in [5.41, 5.74) is 4.98. The maximum atomic E-state index is 11.8. The smallest absolute Gasteiger partial charge is 0.744 e. The SMILES string of the molecule is CC(=O)Nc1ccc(-c2c(N=Nc3cc(C)cc(C)c3)sc(N=NN(c3ccc(S(=O)(=O)[O-])cc3)c3cc(C)c(C#N)c(Nc4ccc(S(=O)(=O)[O-])cc4)n3)c2C#N)cc1.[Li+].[Li+]. The molecule has 0 saturated carbocycles. The van der Waals surface area contributed by atoms with E-state index in [1.165, 1.54) is 42.3 Å². The van der Waals surface area contributed by atoms with Gasteiger partial charge in [0.25, 0.3) is 0 Å². The van der Waals surface area contributed by atoms with Crippen LogP contribution in [-0.2, 0) is 25.0 Å². The molecule has 0 spiro atoms. The van der Waals surface area contributed by atoms with Crippen LogP contribution in [0.25, 0.3) is 11.1 Å². The van der Waals surface area contributed by atoms with Crippen molar-refractivity contribution in [3.63, 3.8) is 0 Å². The number of azo groups is 1. The number of carbonyl (C=O) groups excluding carboxylic acids is 1. The minimum absolute atomic E-state index is 0. The number of carbonyl (C=O) groups is 1. The molecule has 62 heavy (non-hydrogen) atoms. The van der Waals surface area contributed by atoms with Gasteiger partial charge in [-0.15, -0.1) is 15.3 Å². The molecule has 0 saturated heterocycles. The Bertz CT molecular complexity index is 3000. The number of aromatic nitrogens is 1. The quantitative estimate of drug-likeness (QED) is 0.0777. The van der Waals surface area contributed by atoms with Crippen molar-refractivity contribution < 1.29 is 68.5 Å². The van der Waals surface area contributed by atoms with Crippen LogP contribution in [0.4, 0.5) is 44.4 Å². The molecule has 0 aliphatic heterocycles. The number of benzene rings is 4. The van der Waals surface area contributed by atoms with E-state index in [1.807, 2.05) is 32.0 Å². The zero-order chi connectivity index (χ0) is 43.4. The normalized spacial score (nSPS) is 11.3. The third-order valence-corrected chi connectivity index (χ3v) is 11.1. The molecule has 0 aliphatic carbocycles. The Hall–Kier alpha value is -6.01. The second-order valence-electron chi connectivity index (χ2n) is 13.1. The number of rotatable bonds is 12. The van der Waals surface area contributed by atoms with Gasteiger partial charge in [0.15, 0.2) is 16.6 Å². The maximum Gasteiger partial charge on any atom is 1.00 e. The van der Waals surface area contributed by atoms with Crippen LogP contribution in [0.2, 0.25) is 0 Å². The van der Waals surface area contributed by atoms with Gasteiger partial charge in [-0.25, -0.2) is 21.8 Å². The van der Waals surface area contributed by atoms with Gasteiger partial charge in [-0.1, -0.05) is 34.8 Å². The number of aryl methyl sites for hydroxylation is 3. The Morgan fingerprint density at radius 3 is 1.81 bits per heavy atom. The topological polar surface area (TPSA) is 269 Å². The van der Waals surface area contributed by atoms with Crippen molar-refractivity contribution in [1.29, 1.82) is 10.5 Å². The van der Waals surface area contributed by atoms with E-state index in [4.69, 9.17) is 0 Å². The second-order valence-corrected chi connectivity index (χ2v) is 16.8. The van der Waals surface area contributed by atoms with E-state index in [1.54, 1.807) is 31.2 Å². The molecule has 0 fully saturated rings. The number of hydrogen-bond acceptors (Lipinski definition) is 16. The standard InChI is InChI=1S/C40H32N10O7S3.2Li/c1-23-17-24(2)19-30(18-23)46-47-40-37(27-5-7-28(8-6-27)43-26(4)51)35(22-42)39(58-40)48-49-50(31-11-15-33(16-12-31)60(55,56)57)36-20-25(3)34(21-41)38(45-36)44-29-9-13-32(14-10-29)59(52,53)54;;/h5-20H,1-4H3,(H,43,51)(H,44,45)(H,52,53,54)(H,55,56,57);;/q;2*+1/p-2. The van der Waals surface area contributed by atoms with Gasteiger partial charge >= 0.3 is 37.7 Å². The summed E-state index contributed by atoms with van der Waals surface area (Å²) >= 11 is 1.00. The molecule has 0 atom stereocenters. The molecular formula is C40H30Li2N10O7S3. The Balaban J connectivity index is 0.00000422. The van der Waals surface area contributed by atoms with E-state index in [-0.39, 0.29) is 82.8 Å². The van der Waals surface area contributed by atoms with Crippen molar-refractivity contribution in [3.8, 4) is 23.3 Å². The van der Waals surface area contributed by atoms with Gasteiger partial charge in [0.2, 0.25) is 5.91 Å². The number of nitrogens with one attached hydrogen (secondary N) is 2. The molecule has 2 aromatic heterocycles. The van der Waals surface area contributed by atoms with E-state index in [0.29, 0.717) is 33.1 Å². The van der Waals surface area contributed by atoms with Gasteiger partial charge in [-0.05, 0) is 122 Å². The first-order valence-electron chi connectivity index (χ1n) is 17.4. The average molecular weight is 873 g/mol. The van der Waals surface area contributed by atoms with Gasteiger partial charge in [0.05, 0.1) is 26.7 Å². The van der Waals surface area contributed by atoms with Crippen LogP contribution < -0.4 is 53.4 Å². The first kappa shape index (κ1) is 48.7. The third-order valence-electron chi connectivity index (χ3n) is 8.47. The van der Waals surface area contributed by atoms with Crippen LogP contribution in [0.3, 0.4) is 0 Å². The van der Waals surface area contributed by atoms with E-state index in [9.17, 15) is 41.3 Å². The molecule has 0 radical (unpaired) electrons. The summed E-state index contributed by atoms with van der Waals surface area (Å²) in [5, 5.41) is 45.8. The number of amides is 1. The van der Waals surface area contributed by atoms with Crippen molar-refractivity contribution in [2.45, 2.75) is 37.5 Å². The number of hydrogen-bond donors (Lipinski definition) is 2. The number of anilines is 5. The summed E-state index contributed by atoms with van der Waals surface area (Å²) < 4.78 is 69.8. The first-order chi connectivity index (χ1) is 28.4. The molecule has 1 amide bonds. The molecule has 0 bridgehead atoms. The van der Waals surface area contributed by atoms with Crippen LogP contribution in [0.15, 0.2) is 127 Å². The van der Waals surface area contributed by atoms with Crippen LogP contribution in [-0.4, -0.2) is 36.8 Å². The zero-order valence-corrected chi connectivity index (χ0v) is 36.3. The Kier molecular flexibility index (Phi) is 15.9.